The van der Waals surface area contributed by atoms with E-state index in [1.54, 1.807) is 0 Å². The average Bonchev–Trinajstić information content (AvgIpc) is 2.45. The minimum absolute atomic E-state index is 0.458. The first-order valence-corrected chi connectivity index (χ1v) is 7.27. The number of nitriles is 4. The minimum atomic E-state index is 0.458. The zero-order chi connectivity index (χ0) is 14.8. The predicted molar refractivity (Wildman–Crippen MR) is 73.3 cm³/mol. The van der Waals surface area contributed by atoms with Crippen molar-refractivity contribution in [2.75, 3.05) is 0 Å². The second kappa shape index (κ2) is 8.96. The maximum Gasteiger partial charge on any atom is 0.0621 e. The first-order valence-electron chi connectivity index (χ1n) is 7.27. The average molecular weight is 268 g/mol. The van der Waals surface area contributed by atoms with Gasteiger partial charge in [-0.3, -0.25) is 0 Å². The van der Waals surface area contributed by atoms with Gasteiger partial charge in [0.05, 0.1) is 24.3 Å². The van der Waals surface area contributed by atoms with E-state index in [-0.39, 0.29) is 0 Å². The summed E-state index contributed by atoms with van der Waals surface area (Å²) < 4.78 is 0. The monoisotopic (exact) mass is 268 g/mol. The highest BCUT2D eigenvalue weighted by Crippen LogP contribution is 2.54. The van der Waals surface area contributed by atoms with Gasteiger partial charge in [0.25, 0.3) is 0 Å². The van der Waals surface area contributed by atoms with E-state index < -0.39 is 0 Å². The van der Waals surface area contributed by atoms with Gasteiger partial charge in [0.2, 0.25) is 0 Å². The van der Waals surface area contributed by atoms with Crippen LogP contribution in [0.3, 0.4) is 0 Å². The summed E-state index contributed by atoms with van der Waals surface area (Å²) in [5, 5.41) is 35.1. The van der Waals surface area contributed by atoms with E-state index in [9.17, 15) is 0 Å². The van der Waals surface area contributed by atoms with Crippen LogP contribution in [0.4, 0.5) is 0 Å². The Balaban J connectivity index is 2.69. The van der Waals surface area contributed by atoms with Crippen LogP contribution in [0.25, 0.3) is 0 Å². The van der Waals surface area contributed by atoms with Crippen LogP contribution < -0.4 is 0 Å². The van der Waals surface area contributed by atoms with Gasteiger partial charge in [0, 0.05) is 25.7 Å². The van der Waals surface area contributed by atoms with Crippen LogP contribution in [0.15, 0.2) is 0 Å². The third-order valence-electron chi connectivity index (χ3n) is 4.56. The Bertz CT molecular complexity index is 361. The molecule has 4 heteroatoms. The molecule has 1 aliphatic carbocycles. The van der Waals surface area contributed by atoms with E-state index in [1.807, 2.05) is 0 Å². The van der Waals surface area contributed by atoms with Crippen LogP contribution >= 0.6 is 0 Å². The lowest BCUT2D eigenvalue weighted by Crippen LogP contribution is -2.46. The van der Waals surface area contributed by atoms with Crippen LogP contribution in [0, 0.1) is 69.0 Å². The second-order valence-corrected chi connectivity index (χ2v) is 5.44. The molecule has 20 heavy (non-hydrogen) atoms. The van der Waals surface area contributed by atoms with Gasteiger partial charge in [-0.15, -0.1) is 0 Å². The molecule has 0 amide bonds. The van der Waals surface area contributed by atoms with E-state index in [0.29, 0.717) is 49.4 Å². The molecule has 0 bridgehead atoms. The molecule has 1 rings (SSSR count). The molecule has 4 nitrogen and oxygen atoms in total. The minimum Gasteiger partial charge on any atom is -0.198 e. The SMILES string of the molecule is N#CCCC1C(CCC#N)C(CCC#N)C1CCC#N. The van der Waals surface area contributed by atoms with Gasteiger partial charge >= 0.3 is 0 Å². The van der Waals surface area contributed by atoms with Crippen molar-refractivity contribution in [3.8, 4) is 24.3 Å². The van der Waals surface area contributed by atoms with Gasteiger partial charge in [0.15, 0.2) is 0 Å². The first-order chi connectivity index (χ1) is 9.79. The first kappa shape index (κ1) is 16.0. The summed E-state index contributed by atoms with van der Waals surface area (Å²) in [4.78, 5) is 0. The van der Waals surface area contributed by atoms with Gasteiger partial charge in [-0.25, -0.2) is 0 Å². The molecule has 104 valence electrons. The molecule has 0 aromatic carbocycles. The summed E-state index contributed by atoms with van der Waals surface area (Å²) in [6, 6.07) is 8.78. The molecule has 1 saturated carbocycles. The molecule has 0 spiro atoms. The summed E-state index contributed by atoms with van der Waals surface area (Å²) in [5.41, 5.74) is 0. The lowest BCUT2D eigenvalue weighted by Gasteiger charge is -2.53. The Labute approximate surface area is 121 Å². The number of hydrogen-bond acceptors (Lipinski definition) is 4. The highest BCUT2D eigenvalue weighted by atomic mass is 14.5. The molecule has 0 atom stereocenters. The molecule has 0 aromatic heterocycles. The van der Waals surface area contributed by atoms with Crippen molar-refractivity contribution in [3.05, 3.63) is 0 Å². The fourth-order valence-corrected chi connectivity index (χ4v) is 3.76. The van der Waals surface area contributed by atoms with Crippen molar-refractivity contribution in [2.45, 2.75) is 51.4 Å². The van der Waals surface area contributed by atoms with Crippen LogP contribution in [-0.2, 0) is 0 Å². The van der Waals surface area contributed by atoms with Crippen molar-refractivity contribution in [1.82, 2.24) is 0 Å². The molecule has 0 heterocycles. The maximum atomic E-state index is 8.77. The fourth-order valence-electron chi connectivity index (χ4n) is 3.76. The summed E-state index contributed by atoms with van der Waals surface area (Å²) in [7, 11) is 0. The smallest absolute Gasteiger partial charge is 0.0621 e. The third kappa shape index (κ3) is 3.98. The highest BCUT2D eigenvalue weighted by Gasteiger charge is 2.47. The topological polar surface area (TPSA) is 95.2 Å². The summed E-state index contributed by atoms with van der Waals surface area (Å²) >= 11 is 0. The van der Waals surface area contributed by atoms with Crippen molar-refractivity contribution in [2.24, 2.45) is 23.7 Å². The number of nitrogens with zero attached hydrogens (tertiary/aromatic N) is 4. The summed E-state index contributed by atoms with van der Waals surface area (Å²) in [6.07, 6.45) is 5.64. The van der Waals surface area contributed by atoms with E-state index >= 15 is 0 Å². The maximum absolute atomic E-state index is 8.77. The molecule has 0 saturated heterocycles. The standard InChI is InChI=1S/C16H20N4/c17-9-1-5-13-14(6-2-10-18)16(8-4-12-20)15(13)7-3-11-19/h13-16H,1-8H2. The Hall–Kier alpha value is -2.04. The van der Waals surface area contributed by atoms with Gasteiger partial charge in [-0.1, -0.05) is 0 Å². The lowest BCUT2D eigenvalue weighted by atomic mass is 9.52. The summed E-state index contributed by atoms with van der Waals surface area (Å²) in [5.74, 6) is 1.83. The van der Waals surface area contributed by atoms with Gasteiger partial charge in [-0.2, -0.15) is 21.0 Å². The zero-order valence-corrected chi connectivity index (χ0v) is 11.8. The van der Waals surface area contributed by atoms with Crippen molar-refractivity contribution in [1.29, 1.82) is 21.0 Å². The van der Waals surface area contributed by atoms with Crippen molar-refractivity contribution in [3.63, 3.8) is 0 Å². The molecule has 1 fully saturated rings. The third-order valence-corrected chi connectivity index (χ3v) is 4.56. The van der Waals surface area contributed by atoms with Gasteiger partial charge < -0.3 is 0 Å². The molecule has 0 unspecified atom stereocenters. The highest BCUT2D eigenvalue weighted by molar-refractivity contribution is 5.00. The van der Waals surface area contributed by atoms with Crippen LogP contribution in [0.2, 0.25) is 0 Å². The lowest BCUT2D eigenvalue weighted by molar-refractivity contribution is -0.0404. The summed E-state index contributed by atoms with van der Waals surface area (Å²) in [6.45, 7) is 0. The molecule has 0 aliphatic heterocycles. The van der Waals surface area contributed by atoms with Crippen LogP contribution in [-0.4, -0.2) is 0 Å². The zero-order valence-electron chi connectivity index (χ0n) is 11.8. The van der Waals surface area contributed by atoms with E-state index in [1.165, 1.54) is 0 Å². The molecule has 0 radical (unpaired) electrons. The van der Waals surface area contributed by atoms with Crippen LogP contribution in [0.5, 0.6) is 0 Å². The Morgan fingerprint density at radius 3 is 0.800 bits per heavy atom. The second-order valence-electron chi connectivity index (χ2n) is 5.44. The van der Waals surface area contributed by atoms with Crippen molar-refractivity contribution < 1.29 is 0 Å². The van der Waals surface area contributed by atoms with E-state index in [0.717, 1.165) is 25.7 Å². The van der Waals surface area contributed by atoms with E-state index in [4.69, 9.17) is 21.0 Å². The number of hydrogen-bond donors (Lipinski definition) is 0. The molecular formula is C16H20N4. The Morgan fingerprint density at radius 2 is 0.650 bits per heavy atom. The Kier molecular flexibility index (Phi) is 7.17. The van der Waals surface area contributed by atoms with Crippen molar-refractivity contribution >= 4 is 0 Å². The van der Waals surface area contributed by atoms with E-state index in [2.05, 4.69) is 24.3 Å². The molecular weight excluding hydrogens is 248 g/mol. The quantitative estimate of drug-likeness (QED) is 0.670. The Morgan fingerprint density at radius 1 is 0.450 bits per heavy atom. The molecule has 1 aliphatic rings. The van der Waals surface area contributed by atoms with Crippen LogP contribution in [0.1, 0.15) is 51.4 Å². The predicted octanol–water partition coefficient (Wildman–Crippen LogP) is 3.68. The van der Waals surface area contributed by atoms with Gasteiger partial charge in [0.1, 0.15) is 0 Å². The largest absolute Gasteiger partial charge is 0.198 e. The normalized spacial score (nSPS) is 27.4. The van der Waals surface area contributed by atoms with Gasteiger partial charge in [-0.05, 0) is 49.4 Å². The fraction of sp³-hybridized carbons (Fsp3) is 0.750. The molecule has 0 N–H and O–H groups in total. The molecule has 0 aromatic rings. The number of rotatable bonds is 8.